The van der Waals surface area contributed by atoms with Crippen molar-refractivity contribution in [2.45, 2.75) is 50.8 Å². The zero-order valence-corrected chi connectivity index (χ0v) is 11.7. The Kier molecular flexibility index (Phi) is 4.48. The summed E-state index contributed by atoms with van der Waals surface area (Å²) >= 11 is 6.07. The molecule has 1 aliphatic rings. The molecule has 0 saturated carbocycles. The Morgan fingerprint density at radius 3 is 2.42 bits per heavy atom. The molecule has 0 amide bonds. The zero-order chi connectivity index (χ0) is 14.2. The molecule has 0 aliphatic carbocycles. The molecule has 3 N–H and O–H groups in total. The Morgan fingerprint density at radius 1 is 1.16 bits per heavy atom. The van der Waals surface area contributed by atoms with E-state index in [1.165, 1.54) is 0 Å². The van der Waals surface area contributed by atoms with Crippen molar-refractivity contribution in [1.29, 1.82) is 0 Å². The van der Waals surface area contributed by atoms with Gasteiger partial charge < -0.3 is 20.1 Å². The van der Waals surface area contributed by atoms with Gasteiger partial charge in [-0.25, -0.2) is 0 Å². The smallest absolute Gasteiger partial charge is 0.113 e. The summed E-state index contributed by atoms with van der Waals surface area (Å²) < 4.78 is 5.69. The summed E-state index contributed by atoms with van der Waals surface area (Å²) in [7, 11) is 0. The van der Waals surface area contributed by atoms with E-state index in [0.717, 1.165) is 5.56 Å². The van der Waals surface area contributed by atoms with E-state index in [4.69, 9.17) is 16.3 Å². The Bertz CT molecular complexity index is 449. The number of benzene rings is 1. The first kappa shape index (κ1) is 14.8. The number of ether oxygens (including phenoxy) is 1. The van der Waals surface area contributed by atoms with Crippen LogP contribution in [-0.4, -0.2) is 39.7 Å². The van der Waals surface area contributed by atoms with Crippen molar-refractivity contribution in [3.05, 3.63) is 34.3 Å². The number of aryl methyl sites for hydroxylation is 1. The van der Waals surface area contributed by atoms with E-state index in [1.807, 2.05) is 26.0 Å². The van der Waals surface area contributed by atoms with Crippen LogP contribution < -0.4 is 0 Å². The van der Waals surface area contributed by atoms with Crippen LogP contribution in [0.2, 0.25) is 5.02 Å². The third kappa shape index (κ3) is 2.78. The number of rotatable bonds is 2. The minimum Gasteiger partial charge on any atom is -0.388 e. The van der Waals surface area contributed by atoms with Crippen LogP contribution >= 0.6 is 11.6 Å². The van der Waals surface area contributed by atoms with Crippen molar-refractivity contribution in [1.82, 2.24) is 0 Å². The lowest BCUT2D eigenvalue weighted by Crippen LogP contribution is -2.53. The lowest BCUT2D eigenvalue weighted by Gasteiger charge is -2.40. The monoisotopic (exact) mass is 286 g/mol. The lowest BCUT2D eigenvalue weighted by atomic mass is 9.90. The van der Waals surface area contributed by atoms with E-state index < -0.39 is 30.5 Å². The van der Waals surface area contributed by atoms with Crippen LogP contribution in [0.5, 0.6) is 0 Å². The summed E-state index contributed by atoms with van der Waals surface area (Å²) in [6.45, 7) is 3.75. The van der Waals surface area contributed by atoms with Crippen molar-refractivity contribution >= 4 is 11.6 Å². The zero-order valence-electron chi connectivity index (χ0n) is 11.0. The summed E-state index contributed by atoms with van der Waals surface area (Å²) in [4.78, 5) is 0. The highest BCUT2D eigenvalue weighted by Crippen LogP contribution is 2.34. The topological polar surface area (TPSA) is 69.9 Å². The van der Waals surface area contributed by atoms with Gasteiger partial charge in [0.25, 0.3) is 0 Å². The SMILES string of the molecule is CC[C@H]1O[C@@H](c2ccc(C)c(Cl)c2)[C@H](O)[C@@H](O)[C@@H]1O. The molecule has 5 atom stereocenters. The highest BCUT2D eigenvalue weighted by molar-refractivity contribution is 6.31. The maximum atomic E-state index is 10.1. The van der Waals surface area contributed by atoms with Gasteiger partial charge in [0, 0.05) is 5.02 Å². The molecule has 4 nitrogen and oxygen atoms in total. The normalized spacial score (nSPS) is 35.4. The summed E-state index contributed by atoms with van der Waals surface area (Å²) in [6, 6.07) is 5.38. The number of aliphatic hydroxyl groups excluding tert-OH is 3. The molecule has 1 fully saturated rings. The molecule has 0 radical (unpaired) electrons. The molecule has 0 spiro atoms. The van der Waals surface area contributed by atoms with Crippen molar-refractivity contribution in [2.75, 3.05) is 0 Å². The fourth-order valence-corrected chi connectivity index (χ4v) is 2.54. The van der Waals surface area contributed by atoms with Crippen LogP contribution in [-0.2, 0) is 4.74 Å². The van der Waals surface area contributed by atoms with Crippen LogP contribution in [0.3, 0.4) is 0 Å². The van der Waals surface area contributed by atoms with E-state index in [-0.39, 0.29) is 0 Å². The van der Waals surface area contributed by atoms with Crippen molar-refractivity contribution in [2.24, 2.45) is 0 Å². The lowest BCUT2D eigenvalue weighted by molar-refractivity contribution is -0.225. The van der Waals surface area contributed by atoms with Crippen LogP contribution in [0, 0.1) is 6.92 Å². The molecule has 106 valence electrons. The molecule has 5 heteroatoms. The van der Waals surface area contributed by atoms with E-state index in [0.29, 0.717) is 17.0 Å². The Morgan fingerprint density at radius 2 is 1.84 bits per heavy atom. The van der Waals surface area contributed by atoms with Gasteiger partial charge in [0.1, 0.15) is 24.4 Å². The van der Waals surface area contributed by atoms with E-state index in [2.05, 4.69) is 0 Å². The van der Waals surface area contributed by atoms with Gasteiger partial charge in [-0.2, -0.15) is 0 Å². The Hall–Kier alpha value is -0.650. The molecule has 0 bridgehead atoms. The molecule has 2 rings (SSSR count). The molecule has 1 aliphatic heterocycles. The minimum absolute atomic E-state index is 0.497. The molecule has 1 aromatic rings. The van der Waals surface area contributed by atoms with Gasteiger partial charge >= 0.3 is 0 Å². The van der Waals surface area contributed by atoms with E-state index in [1.54, 1.807) is 6.07 Å². The fraction of sp³-hybridized carbons (Fsp3) is 0.571. The van der Waals surface area contributed by atoms with Gasteiger partial charge in [-0.05, 0) is 30.5 Å². The number of halogens is 1. The van der Waals surface area contributed by atoms with Gasteiger partial charge in [0.05, 0.1) is 6.10 Å². The van der Waals surface area contributed by atoms with Gasteiger partial charge in [0.2, 0.25) is 0 Å². The summed E-state index contributed by atoms with van der Waals surface area (Å²) in [5.74, 6) is 0. The largest absolute Gasteiger partial charge is 0.388 e. The molecule has 1 heterocycles. The molecule has 0 aromatic heterocycles. The predicted molar refractivity (Wildman–Crippen MR) is 72.1 cm³/mol. The van der Waals surface area contributed by atoms with Crippen molar-refractivity contribution in [3.63, 3.8) is 0 Å². The van der Waals surface area contributed by atoms with Crippen LogP contribution in [0.15, 0.2) is 18.2 Å². The van der Waals surface area contributed by atoms with Crippen LogP contribution in [0.1, 0.15) is 30.6 Å². The average molecular weight is 287 g/mol. The van der Waals surface area contributed by atoms with Gasteiger partial charge in [-0.1, -0.05) is 30.7 Å². The van der Waals surface area contributed by atoms with Crippen LogP contribution in [0.4, 0.5) is 0 Å². The van der Waals surface area contributed by atoms with Gasteiger partial charge in [0.15, 0.2) is 0 Å². The van der Waals surface area contributed by atoms with Crippen LogP contribution in [0.25, 0.3) is 0 Å². The fourth-order valence-electron chi connectivity index (χ4n) is 2.35. The number of hydrogen-bond acceptors (Lipinski definition) is 4. The van der Waals surface area contributed by atoms with E-state index >= 15 is 0 Å². The van der Waals surface area contributed by atoms with E-state index in [9.17, 15) is 15.3 Å². The minimum atomic E-state index is -1.22. The second kappa shape index (κ2) is 5.77. The molecular formula is C14H19ClO4. The van der Waals surface area contributed by atoms with Gasteiger partial charge in [-0.3, -0.25) is 0 Å². The molecule has 1 aromatic carbocycles. The van der Waals surface area contributed by atoms with Crippen molar-refractivity contribution in [3.8, 4) is 0 Å². The Labute approximate surface area is 117 Å². The third-order valence-corrected chi connectivity index (χ3v) is 4.05. The van der Waals surface area contributed by atoms with Gasteiger partial charge in [-0.15, -0.1) is 0 Å². The third-order valence-electron chi connectivity index (χ3n) is 3.64. The van der Waals surface area contributed by atoms with Crippen molar-refractivity contribution < 1.29 is 20.1 Å². The Balaban J connectivity index is 2.29. The quantitative estimate of drug-likeness (QED) is 0.772. The second-order valence-corrected chi connectivity index (χ2v) is 5.39. The second-order valence-electron chi connectivity index (χ2n) is 4.98. The standard InChI is InChI=1S/C14H19ClO4/c1-3-10-11(16)12(17)13(18)14(19-10)8-5-4-7(2)9(15)6-8/h4-6,10-14,16-18H,3H2,1-2H3/t10-,11-,12+,13-,14+/m1/s1. The molecule has 19 heavy (non-hydrogen) atoms. The first-order chi connectivity index (χ1) is 8.95. The molecular weight excluding hydrogens is 268 g/mol. The summed E-state index contributed by atoms with van der Waals surface area (Å²) in [5, 5.41) is 30.3. The molecule has 1 saturated heterocycles. The summed E-state index contributed by atoms with van der Waals surface area (Å²) in [6.07, 6.45) is -4.08. The predicted octanol–water partition coefficient (Wildman–Crippen LogP) is 1.58. The first-order valence-corrected chi connectivity index (χ1v) is 6.79. The average Bonchev–Trinajstić information content (AvgIpc) is 2.40. The number of aliphatic hydroxyl groups is 3. The summed E-state index contributed by atoms with van der Waals surface area (Å²) in [5.41, 5.74) is 1.64. The highest BCUT2D eigenvalue weighted by Gasteiger charge is 2.43. The maximum Gasteiger partial charge on any atom is 0.113 e. The number of hydrogen-bond donors (Lipinski definition) is 3. The highest BCUT2D eigenvalue weighted by atomic mass is 35.5. The first-order valence-electron chi connectivity index (χ1n) is 6.41. The molecule has 0 unspecified atom stereocenters. The maximum absolute atomic E-state index is 10.1.